The quantitative estimate of drug-likeness (QED) is 0.646. The molecule has 0 fully saturated rings. The van der Waals surface area contributed by atoms with E-state index < -0.39 is 8.96 Å². The lowest BCUT2D eigenvalue weighted by Gasteiger charge is -2.22. The van der Waals surface area contributed by atoms with Crippen LogP contribution in [0.25, 0.3) is 11.1 Å². The van der Waals surface area contributed by atoms with Gasteiger partial charge in [-0.25, -0.2) is 0 Å². The van der Waals surface area contributed by atoms with E-state index >= 15 is 0 Å². The normalized spacial score (nSPS) is 12.5. The maximum absolute atomic E-state index is 3.52. The highest BCUT2D eigenvalue weighted by atomic mass is 28.3. The predicted octanol–water partition coefficient (Wildman–Crippen LogP) is 4.62. The van der Waals surface area contributed by atoms with Crippen LogP contribution in [0.3, 0.4) is 0 Å². The first-order valence-corrected chi connectivity index (χ1v) is 10.7. The number of hydrogen-bond donors (Lipinski definition) is 1. The van der Waals surface area contributed by atoms with Crippen molar-refractivity contribution in [2.75, 3.05) is 0 Å². The molecule has 21 heavy (non-hydrogen) atoms. The van der Waals surface area contributed by atoms with Crippen molar-refractivity contribution < 1.29 is 0 Å². The van der Waals surface area contributed by atoms with E-state index in [1.54, 1.807) is 0 Å². The van der Waals surface area contributed by atoms with Crippen LogP contribution < -0.4 is 4.98 Å². The molecule has 0 aromatic heterocycles. The predicted molar refractivity (Wildman–Crippen MR) is 96.4 cm³/mol. The monoisotopic (exact) mass is 297 g/mol. The van der Waals surface area contributed by atoms with Crippen LogP contribution in [-0.4, -0.2) is 14.5 Å². The molecular formula is C19H27NSi. The average molecular weight is 298 g/mol. The molecule has 1 aliphatic carbocycles. The summed E-state index contributed by atoms with van der Waals surface area (Å²) in [5, 5.41) is 0. The van der Waals surface area contributed by atoms with Gasteiger partial charge < -0.3 is 4.98 Å². The molecule has 2 aromatic carbocycles. The van der Waals surface area contributed by atoms with Crippen LogP contribution in [0.15, 0.2) is 48.5 Å². The molecule has 0 radical (unpaired) electrons. The Kier molecular flexibility index (Phi) is 5.02. The van der Waals surface area contributed by atoms with E-state index in [9.17, 15) is 0 Å². The highest BCUT2D eigenvalue weighted by Gasteiger charge is 2.15. The second-order valence-corrected chi connectivity index (χ2v) is 9.64. The molecule has 0 saturated carbocycles. The van der Waals surface area contributed by atoms with E-state index in [1.165, 1.54) is 22.3 Å². The summed E-state index contributed by atoms with van der Waals surface area (Å²) in [7, 11) is -0.546. The summed E-state index contributed by atoms with van der Waals surface area (Å²) in [5.74, 6) is 0. The molecule has 0 heterocycles. The number of fused-ring (bicyclic) bond motifs is 3. The van der Waals surface area contributed by atoms with Crippen molar-refractivity contribution in [2.45, 2.75) is 45.8 Å². The van der Waals surface area contributed by atoms with Gasteiger partial charge in [0.25, 0.3) is 0 Å². The fraction of sp³-hybridized carbons (Fsp3) is 0.368. The fourth-order valence-electron chi connectivity index (χ4n) is 2.95. The SMILES string of the molecule is C[SiH](C)NC(C)(C)C.c1ccc2c(c1)Cc1ccccc1-2. The first-order chi connectivity index (χ1) is 9.87. The number of benzene rings is 2. The van der Waals surface area contributed by atoms with Crippen molar-refractivity contribution in [1.29, 1.82) is 0 Å². The van der Waals surface area contributed by atoms with Crippen LogP contribution in [0.2, 0.25) is 13.1 Å². The molecular weight excluding hydrogens is 270 g/mol. The molecule has 1 aliphatic rings. The van der Waals surface area contributed by atoms with Crippen molar-refractivity contribution in [1.82, 2.24) is 4.98 Å². The highest BCUT2D eigenvalue weighted by molar-refractivity contribution is 6.53. The van der Waals surface area contributed by atoms with Gasteiger partial charge in [0, 0.05) is 5.54 Å². The Morgan fingerprint density at radius 2 is 1.24 bits per heavy atom. The third kappa shape index (κ3) is 4.55. The lowest BCUT2D eigenvalue weighted by atomic mass is 10.1. The standard InChI is InChI=1S/C13H10.C6H17NSi/c1-3-7-12-10(5-1)9-11-6-2-4-8-13(11)12;1-6(2,3)7-8(4)5/h1-8H,9H2;7-8H,1-5H3. The summed E-state index contributed by atoms with van der Waals surface area (Å²) < 4.78 is 0. The van der Waals surface area contributed by atoms with E-state index in [-0.39, 0.29) is 0 Å². The summed E-state index contributed by atoms with van der Waals surface area (Å²) in [6, 6.07) is 17.3. The lowest BCUT2D eigenvalue weighted by Crippen LogP contribution is -2.43. The molecule has 0 unspecified atom stereocenters. The lowest BCUT2D eigenvalue weighted by molar-refractivity contribution is 0.519. The van der Waals surface area contributed by atoms with E-state index in [1.807, 2.05) is 0 Å². The van der Waals surface area contributed by atoms with E-state index in [2.05, 4.69) is 87.4 Å². The number of hydrogen-bond acceptors (Lipinski definition) is 1. The number of rotatable bonds is 1. The Hall–Kier alpha value is -1.38. The Labute approximate surface area is 131 Å². The maximum atomic E-state index is 3.52. The van der Waals surface area contributed by atoms with Crippen molar-refractivity contribution >= 4 is 8.96 Å². The molecule has 0 aliphatic heterocycles. The van der Waals surface area contributed by atoms with E-state index in [4.69, 9.17) is 0 Å². The van der Waals surface area contributed by atoms with E-state index in [0.717, 1.165) is 6.42 Å². The zero-order valence-electron chi connectivity index (χ0n) is 13.9. The van der Waals surface area contributed by atoms with Gasteiger partial charge in [-0.2, -0.15) is 0 Å². The van der Waals surface area contributed by atoms with Gasteiger partial charge in [0.2, 0.25) is 0 Å². The largest absolute Gasteiger partial charge is 0.335 e. The molecule has 1 N–H and O–H groups in total. The van der Waals surface area contributed by atoms with Crippen molar-refractivity contribution in [2.24, 2.45) is 0 Å². The van der Waals surface area contributed by atoms with Crippen molar-refractivity contribution in [3.63, 3.8) is 0 Å². The minimum Gasteiger partial charge on any atom is -0.335 e. The Morgan fingerprint density at radius 1 is 0.810 bits per heavy atom. The summed E-state index contributed by atoms with van der Waals surface area (Å²) in [6.45, 7) is 11.2. The van der Waals surface area contributed by atoms with Crippen molar-refractivity contribution in [3.05, 3.63) is 59.7 Å². The van der Waals surface area contributed by atoms with Gasteiger partial charge in [0.15, 0.2) is 0 Å². The molecule has 2 aromatic rings. The summed E-state index contributed by atoms with van der Waals surface area (Å²) >= 11 is 0. The molecule has 0 amide bonds. The second kappa shape index (κ2) is 6.59. The van der Waals surface area contributed by atoms with Gasteiger partial charge in [-0.15, -0.1) is 0 Å². The molecule has 112 valence electrons. The minimum atomic E-state index is -0.546. The van der Waals surface area contributed by atoms with Gasteiger partial charge in [-0.05, 0) is 49.4 Å². The summed E-state index contributed by atoms with van der Waals surface area (Å²) in [5.41, 5.74) is 6.09. The fourth-order valence-corrected chi connectivity index (χ4v) is 4.68. The van der Waals surface area contributed by atoms with Crippen LogP contribution in [0, 0.1) is 0 Å². The van der Waals surface area contributed by atoms with Crippen LogP contribution in [-0.2, 0) is 6.42 Å². The minimum absolute atomic E-state index is 0.334. The van der Waals surface area contributed by atoms with Gasteiger partial charge in [-0.3, -0.25) is 0 Å². The summed E-state index contributed by atoms with van der Waals surface area (Å²) in [6.07, 6.45) is 1.10. The van der Waals surface area contributed by atoms with Crippen LogP contribution in [0.4, 0.5) is 0 Å². The van der Waals surface area contributed by atoms with Crippen LogP contribution in [0.5, 0.6) is 0 Å². The molecule has 2 heteroatoms. The Morgan fingerprint density at radius 3 is 1.57 bits per heavy atom. The third-order valence-corrected chi connectivity index (χ3v) is 4.87. The molecule has 0 spiro atoms. The number of nitrogens with one attached hydrogen (secondary N) is 1. The maximum Gasteiger partial charge on any atom is 0.103 e. The average Bonchev–Trinajstić information content (AvgIpc) is 2.75. The third-order valence-electron chi connectivity index (χ3n) is 3.43. The van der Waals surface area contributed by atoms with Gasteiger partial charge in [0.1, 0.15) is 8.96 Å². The first-order valence-electron chi connectivity index (χ1n) is 7.81. The van der Waals surface area contributed by atoms with E-state index in [0.29, 0.717) is 5.54 Å². The molecule has 0 saturated heterocycles. The zero-order chi connectivity index (χ0) is 15.5. The van der Waals surface area contributed by atoms with Gasteiger partial charge >= 0.3 is 0 Å². The molecule has 3 rings (SSSR count). The molecule has 0 atom stereocenters. The van der Waals surface area contributed by atoms with Crippen LogP contribution in [0.1, 0.15) is 31.9 Å². The zero-order valence-corrected chi connectivity index (χ0v) is 15.1. The topological polar surface area (TPSA) is 12.0 Å². The Bertz CT molecular complexity index is 553. The van der Waals surface area contributed by atoms with Crippen molar-refractivity contribution in [3.8, 4) is 11.1 Å². The van der Waals surface area contributed by atoms with Gasteiger partial charge in [0.05, 0.1) is 0 Å². The highest BCUT2D eigenvalue weighted by Crippen LogP contribution is 2.35. The second-order valence-electron chi connectivity index (χ2n) is 7.04. The summed E-state index contributed by atoms with van der Waals surface area (Å²) in [4.78, 5) is 3.52. The molecule has 0 bridgehead atoms. The Balaban J connectivity index is 0.000000177. The molecule has 1 nitrogen and oxygen atoms in total. The first kappa shape index (κ1) is 16.0. The smallest absolute Gasteiger partial charge is 0.103 e. The van der Waals surface area contributed by atoms with Crippen LogP contribution >= 0.6 is 0 Å². The van der Waals surface area contributed by atoms with Gasteiger partial charge in [-0.1, -0.05) is 61.6 Å².